The largest absolute Gasteiger partial charge is 0.444 e. The Balaban J connectivity index is 1.59. The third-order valence-corrected chi connectivity index (χ3v) is 5.42. The maximum Gasteiger partial charge on any atom is 0.414 e. The molecule has 0 bridgehead atoms. The molecule has 8 nitrogen and oxygen atoms in total. The van der Waals surface area contributed by atoms with E-state index >= 15 is 0 Å². The minimum atomic E-state index is -3.45. The van der Waals surface area contributed by atoms with E-state index < -0.39 is 16.2 Å². The summed E-state index contributed by atoms with van der Waals surface area (Å²) in [7, 11) is -3.45. The highest BCUT2D eigenvalue weighted by molar-refractivity contribution is 8.00. The van der Waals surface area contributed by atoms with E-state index in [1.165, 1.54) is 16.7 Å². The average molecular weight is 386 g/mol. The molecule has 0 saturated carbocycles. The first-order chi connectivity index (χ1) is 11.8. The fourth-order valence-electron chi connectivity index (χ4n) is 2.64. The van der Waals surface area contributed by atoms with E-state index in [-0.39, 0.29) is 18.6 Å². The number of carbonyl (C=O) groups excluding carboxylic acids is 2. The van der Waals surface area contributed by atoms with Gasteiger partial charge in [0, 0.05) is 10.6 Å². The maximum absolute atomic E-state index is 12.1. The summed E-state index contributed by atoms with van der Waals surface area (Å²) in [5, 5.41) is 2.79. The number of rotatable bonds is 6. The molecular weight excluding hydrogens is 368 g/mol. The van der Waals surface area contributed by atoms with E-state index in [1.807, 2.05) is 12.1 Å². The Morgan fingerprint density at radius 2 is 2.20 bits per heavy atom. The maximum atomic E-state index is 12.1. The summed E-state index contributed by atoms with van der Waals surface area (Å²) in [6, 6.07) is 5.45. The molecule has 0 aromatic heterocycles. The van der Waals surface area contributed by atoms with E-state index in [4.69, 9.17) is 4.74 Å². The van der Waals surface area contributed by atoms with Crippen molar-refractivity contribution in [1.82, 2.24) is 0 Å². The molecule has 2 amide bonds. The van der Waals surface area contributed by atoms with Crippen LogP contribution in [0.2, 0.25) is 0 Å². The molecule has 2 aliphatic heterocycles. The van der Waals surface area contributed by atoms with Crippen molar-refractivity contribution < 1.29 is 26.9 Å². The summed E-state index contributed by atoms with van der Waals surface area (Å²) < 4.78 is 31.8. The van der Waals surface area contributed by atoms with E-state index in [0.29, 0.717) is 36.5 Å². The number of hydrogen-bond donors (Lipinski definition) is 1. The van der Waals surface area contributed by atoms with E-state index in [2.05, 4.69) is 9.50 Å². The van der Waals surface area contributed by atoms with Crippen LogP contribution in [0, 0.1) is 0 Å². The van der Waals surface area contributed by atoms with Gasteiger partial charge in [-0.25, -0.2) is 4.79 Å². The lowest BCUT2D eigenvalue weighted by Crippen LogP contribution is -2.25. The van der Waals surface area contributed by atoms with E-state index in [0.717, 1.165) is 11.2 Å². The van der Waals surface area contributed by atoms with Gasteiger partial charge < -0.3 is 10.1 Å². The summed E-state index contributed by atoms with van der Waals surface area (Å²) in [6.07, 6.45) is 1.20. The smallest absolute Gasteiger partial charge is 0.414 e. The number of carbonyl (C=O) groups is 2. The highest BCUT2D eigenvalue weighted by atomic mass is 32.2. The number of ether oxygens (including phenoxy) is 1. The van der Waals surface area contributed by atoms with Gasteiger partial charge in [0.2, 0.25) is 5.91 Å². The molecule has 136 valence electrons. The zero-order chi connectivity index (χ0) is 18.0. The molecule has 0 spiro atoms. The van der Waals surface area contributed by atoms with Crippen LogP contribution in [0.4, 0.5) is 16.2 Å². The first-order valence-electron chi connectivity index (χ1n) is 7.71. The topological polar surface area (TPSA) is 102 Å². The number of thioether (sulfide) groups is 1. The Morgan fingerprint density at radius 1 is 1.40 bits per heavy atom. The summed E-state index contributed by atoms with van der Waals surface area (Å²) >= 11 is 1.46. The second kappa shape index (κ2) is 7.22. The summed E-state index contributed by atoms with van der Waals surface area (Å²) in [4.78, 5) is 26.1. The van der Waals surface area contributed by atoms with Crippen LogP contribution in [0.5, 0.6) is 0 Å². The molecule has 1 N–H and O–H groups in total. The van der Waals surface area contributed by atoms with Crippen molar-refractivity contribution in [1.29, 1.82) is 0 Å². The van der Waals surface area contributed by atoms with E-state index in [9.17, 15) is 18.0 Å². The minimum absolute atomic E-state index is 0.0645. The lowest BCUT2D eigenvalue weighted by atomic mass is 10.2. The van der Waals surface area contributed by atoms with Crippen molar-refractivity contribution in [2.75, 3.05) is 35.4 Å². The van der Waals surface area contributed by atoms with Gasteiger partial charge in [-0.05, 0) is 31.0 Å². The van der Waals surface area contributed by atoms with Crippen molar-refractivity contribution >= 4 is 45.3 Å². The number of cyclic esters (lactones) is 1. The Kier molecular flexibility index (Phi) is 5.21. The number of fused-ring (bicyclic) bond motifs is 1. The van der Waals surface area contributed by atoms with Gasteiger partial charge >= 0.3 is 6.09 Å². The third kappa shape index (κ3) is 4.65. The van der Waals surface area contributed by atoms with Gasteiger partial charge in [0.25, 0.3) is 10.1 Å². The fraction of sp³-hybridized carbons (Fsp3) is 0.467. The Bertz CT molecular complexity index is 795. The second-order valence-electron chi connectivity index (χ2n) is 5.80. The van der Waals surface area contributed by atoms with Gasteiger partial charge in [-0.3, -0.25) is 13.9 Å². The molecule has 10 heteroatoms. The molecule has 0 aliphatic carbocycles. The average Bonchev–Trinajstić information content (AvgIpc) is 2.91. The van der Waals surface area contributed by atoms with Crippen LogP contribution >= 0.6 is 11.8 Å². The molecule has 1 saturated heterocycles. The molecular formula is C15H18N2O6S2. The molecule has 1 aromatic rings. The second-order valence-corrected chi connectivity index (χ2v) is 8.46. The lowest BCUT2D eigenvalue weighted by Gasteiger charge is -2.19. The Morgan fingerprint density at radius 3 is 2.96 bits per heavy atom. The van der Waals surface area contributed by atoms with Crippen LogP contribution in [0.3, 0.4) is 0 Å². The number of nitrogens with zero attached hydrogens (tertiary/aromatic N) is 1. The third-order valence-electron chi connectivity index (χ3n) is 3.75. The number of amides is 2. The lowest BCUT2D eigenvalue weighted by molar-refractivity contribution is -0.113. The van der Waals surface area contributed by atoms with Crippen LogP contribution in [0.15, 0.2) is 23.1 Å². The molecule has 0 radical (unpaired) electrons. The van der Waals surface area contributed by atoms with Gasteiger partial charge in [0.05, 0.1) is 30.8 Å². The summed E-state index contributed by atoms with van der Waals surface area (Å²) in [5.41, 5.74) is 1.35. The molecule has 3 rings (SSSR count). The standard InChI is InChI=1S/C15H18N2O6S2/c1-25(20,21)22-6-2-3-11-8-17(15(19)23-11)10-4-5-13-12(7-10)16-14(18)9-24-13/h4-5,7,11H,2-3,6,8-9H2,1H3,(H,16,18)/t11-/m1/s1. The first-order valence-corrected chi connectivity index (χ1v) is 10.5. The van der Waals surface area contributed by atoms with Crippen molar-refractivity contribution in [3.8, 4) is 0 Å². The van der Waals surface area contributed by atoms with E-state index in [1.54, 1.807) is 6.07 Å². The van der Waals surface area contributed by atoms with Crippen LogP contribution < -0.4 is 10.2 Å². The van der Waals surface area contributed by atoms with Crippen LogP contribution in [-0.2, 0) is 23.8 Å². The van der Waals surface area contributed by atoms with Crippen molar-refractivity contribution in [3.63, 3.8) is 0 Å². The molecule has 2 aliphatic rings. The quantitative estimate of drug-likeness (QED) is 0.587. The molecule has 1 atom stereocenters. The predicted molar refractivity (Wildman–Crippen MR) is 93.4 cm³/mol. The Hall–Kier alpha value is -1.78. The van der Waals surface area contributed by atoms with Gasteiger partial charge in [-0.15, -0.1) is 11.8 Å². The number of anilines is 2. The molecule has 1 fully saturated rings. The Labute approximate surface area is 150 Å². The number of nitrogens with one attached hydrogen (secondary N) is 1. The van der Waals surface area contributed by atoms with Crippen molar-refractivity contribution in [3.05, 3.63) is 18.2 Å². The van der Waals surface area contributed by atoms with Crippen LogP contribution in [0.1, 0.15) is 12.8 Å². The molecule has 0 unspecified atom stereocenters. The zero-order valence-corrected chi connectivity index (χ0v) is 15.2. The van der Waals surface area contributed by atoms with Crippen molar-refractivity contribution in [2.24, 2.45) is 0 Å². The molecule has 2 heterocycles. The first kappa shape index (κ1) is 18.0. The monoisotopic (exact) mass is 386 g/mol. The SMILES string of the molecule is CS(=O)(=O)OCCC[C@@H]1CN(c2ccc3c(c2)NC(=O)CS3)C(=O)O1. The highest BCUT2D eigenvalue weighted by Crippen LogP contribution is 2.35. The van der Waals surface area contributed by atoms with Crippen LogP contribution in [-0.4, -0.2) is 51.7 Å². The van der Waals surface area contributed by atoms with Crippen molar-refractivity contribution in [2.45, 2.75) is 23.8 Å². The number of benzene rings is 1. The van der Waals surface area contributed by atoms with Crippen LogP contribution in [0.25, 0.3) is 0 Å². The highest BCUT2D eigenvalue weighted by Gasteiger charge is 2.32. The van der Waals surface area contributed by atoms with Gasteiger partial charge in [0.1, 0.15) is 6.10 Å². The normalized spacial score (nSPS) is 20.2. The van der Waals surface area contributed by atoms with Gasteiger partial charge in [0.15, 0.2) is 0 Å². The zero-order valence-electron chi connectivity index (χ0n) is 13.6. The molecule has 1 aromatic carbocycles. The van der Waals surface area contributed by atoms with Gasteiger partial charge in [-0.2, -0.15) is 8.42 Å². The predicted octanol–water partition coefficient (Wildman–Crippen LogP) is 1.81. The minimum Gasteiger partial charge on any atom is -0.444 e. The fourth-order valence-corrected chi connectivity index (χ4v) is 3.85. The summed E-state index contributed by atoms with van der Waals surface area (Å²) in [5.74, 6) is 0.317. The molecule has 25 heavy (non-hydrogen) atoms. The number of hydrogen-bond acceptors (Lipinski definition) is 7. The van der Waals surface area contributed by atoms with Gasteiger partial charge in [-0.1, -0.05) is 0 Å². The summed E-state index contributed by atoms with van der Waals surface area (Å²) in [6.45, 7) is 0.437.